The predicted molar refractivity (Wildman–Crippen MR) is 82.1 cm³/mol. The van der Waals surface area contributed by atoms with E-state index in [1.165, 1.54) is 56.6 Å². The monoisotopic (exact) mass is 280 g/mol. The summed E-state index contributed by atoms with van der Waals surface area (Å²) in [6.45, 7) is 6.43. The van der Waals surface area contributed by atoms with Gasteiger partial charge in [0.15, 0.2) is 0 Å². The molecular weight excluding hydrogens is 254 g/mol. The zero-order valence-corrected chi connectivity index (χ0v) is 12.7. The minimum absolute atomic E-state index is 0.353. The zero-order valence-electron chi connectivity index (χ0n) is 11.9. The fraction of sp³-hybridized carbons (Fsp3) is 0.625. The summed E-state index contributed by atoms with van der Waals surface area (Å²) in [6.07, 6.45) is 6.91. The van der Waals surface area contributed by atoms with Gasteiger partial charge in [-0.1, -0.05) is 6.92 Å². The van der Waals surface area contributed by atoms with Crippen LogP contribution in [0.1, 0.15) is 39.0 Å². The van der Waals surface area contributed by atoms with Crippen LogP contribution >= 0.6 is 11.8 Å². The van der Waals surface area contributed by atoms with Crippen molar-refractivity contribution in [1.29, 1.82) is 0 Å². The fourth-order valence-electron chi connectivity index (χ4n) is 2.76. The maximum absolute atomic E-state index is 9.26. The molecular formula is C16H26NOS+. The van der Waals surface area contributed by atoms with Crippen molar-refractivity contribution in [2.75, 3.05) is 19.6 Å². The van der Waals surface area contributed by atoms with E-state index in [1.807, 2.05) is 28.8 Å². The largest absolute Gasteiger partial charge is 0.508 e. The van der Waals surface area contributed by atoms with Crippen molar-refractivity contribution >= 4 is 11.8 Å². The first-order chi connectivity index (χ1) is 9.24. The van der Waals surface area contributed by atoms with Gasteiger partial charge in [0.2, 0.25) is 0 Å². The summed E-state index contributed by atoms with van der Waals surface area (Å²) in [6, 6.07) is 7.55. The van der Waals surface area contributed by atoms with E-state index in [0.717, 1.165) is 0 Å². The van der Waals surface area contributed by atoms with Crippen molar-refractivity contribution in [3.8, 4) is 5.75 Å². The van der Waals surface area contributed by atoms with Crippen LogP contribution < -0.4 is 4.90 Å². The van der Waals surface area contributed by atoms with E-state index in [9.17, 15) is 5.11 Å². The second-order valence-electron chi connectivity index (χ2n) is 5.63. The van der Waals surface area contributed by atoms with Gasteiger partial charge in [0.25, 0.3) is 0 Å². The van der Waals surface area contributed by atoms with Crippen molar-refractivity contribution in [3.05, 3.63) is 24.3 Å². The van der Waals surface area contributed by atoms with Crippen LogP contribution in [0.4, 0.5) is 0 Å². The zero-order chi connectivity index (χ0) is 13.5. The number of likely N-dealkylation sites (tertiary alicyclic amines) is 1. The molecule has 0 spiro atoms. The lowest BCUT2D eigenvalue weighted by atomic mass is 10.1. The normalized spacial score (nSPS) is 18.4. The Morgan fingerprint density at radius 2 is 1.84 bits per heavy atom. The fourth-order valence-corrected chi connectivity index (χ4v) is 3.80. The van der Waals surface area contributed by atoms with Gasteiger partial charge in [0.1, 0.15) is 5.75 Å². The molecule has 0 saturated carbocycles. The minimum atomic E-state index is 0.353. The van der Waals surface area contributed by atoms with Crippen molar-refractivity contribution in [3.63, 3.8) is 0 Å². The lowest BCUT2D eigenvalue weighted by Gasteiger charge is -2.23. The van der Waals surface area contributed by atoms with Gasteiger partial charge in [-0.15, -0.1) is 11.8 Å². The molecule has 1 fully saturated rings. The molecule has 0 aromatic heterocycles. The first-order valence-electron chi connectivity index (χ1n) is 7.53. The van der Waals surface area contributed by atoms with Crippen LogP contribution in [0.2, 0.25) is 0 Å². The van der Waals surface area contributed by atoms with Crippen molar-refractivity contribution in [1.82, 2.24) is 0 Å². The van der Waals surface area contributed by atoms with Crippen LogP contribution in [-0.2, 0) is 0 Å². The van der Waals surface area contributed by atoms with Gasteiger partial charge >= 0.3 is 0 Å². The van der Waals surface area contributed by atoms with E-state index >= 15 is 0 Å². The highest BCUT2D eigenvalue weighted by atomic mass is 32.2. The van der Waals surface area contributed by atoms with Crippen LogP contribution in [0.3, 0.4) is 0 Å². The minimum Gasteiger partial charge on any atom is -0.508 e. The van der Waals surface area contributed by atoms with Gasteiger partial charge < -0.3 is 10.0 Å². The van der Waals surface area contributed by atoms with Crippen LogP contribution in [0.25, 0.3) is 0 Å². The van der Waals surface area contributed by atoms with Gasteiger partial charge in [0, 0.05) is 10.1 Å². The molecule has 1 atom stereocenters. The molecule has 1 aliphatic rings. The topological polar surface area (TPSA) is 24.7 Å². The van der Waals surface area contributed by atoms with Crippen LogP contribution in [0.5, 0.6) is 5.75 Å². The molecule has 2 nitrogen and oxygen atoms in total. The molecule has 19 heavy (non-hydrogen) atoms. The maximum Gasteiger partial charge on any atom is 0.115 e. The van der Waals surface area contributed by atoms with Gasteiger partial charge in [-0.25, -0.2) is 0 Å². The molecule has 1 heterocycles. The average Bonchev–Trinajstić information content (AvgIpc) is 2.43. The first kappa shape index (κ1) is 14.7. The number of piperidine rings is 1. The molecule has 2 N–H and O–H groups in total. The molecule has 2 rings (SSSR count). The van der Waals surface area contributed by atoms with Crippen molar-refractivity contribution in [2.24, 2.45) is 0 Å². The summed E-state index contributed by atoms with van der Waals surface area (Å²) in [5.74, 6) is 0.353. The molecule has 0 aliphatic carbocycles. The lowest BCUT2D eigenvalue weighted by Crippen LogP contribution is -3.12. The summed E-state index contributed by atoms with van der Waals surface area (Å²) in [7, 11) is 0. The predicted octanol–water partition coefficient (Wildman–Crippen LogP) is 2.72. The molecule has 1 aromatic rings. The standard InChI is InChI=1S/C16H25NOS/c1-14(19-16-9-7-15(18)8-10-16)6-5-13-17-11-3-2-4-12-17/h7-10,14,18H,2-6,11-13H2,1H3/p+1/t14-/m0/s1. The summed E-state index contributed by atoms with van der Waals surface area (Å²) in [4.78, 5) is 3.07. The number of aromatic hydroxyl groups is 1. The highest BCUT2D eigenvalue weighted by molar-refractivity contribution is 7.99. The Labute approximate surface area is 121 Å². The number of phenolic OH excluding ortho intramolecular Hbond substituents is 1. The van der Waals surface area contributed by atoms with Crippen LogP contribution in [0.15, 0.2) is 29.2 Å². The van der Waals surface area contributed by atoms with E-state index in [0.29, 0.717) is 11.0 Å². The lowest BCUT2D eigenvalue weighted by molar-refractivity contribution is -0.905. The third-order valence-electron chi connectivity index (χ3n) is 3.88. The number of hydrogen-bond donors (Lipinski definition) is 2. The average molecular weight is 280 g/mol. The van der Waals surface area contributed by atoms with Gasteiger partial charge in [-0.05, 0) is 56.4 Å². The number of quaternary nitrogens is 1. The Morgan fingerprint density at radius 1 is 1.16 bits per heavy atom. The molecule has 1 aliphatic heterocycles. The molecule has 106 valence electrons. The smallest absolute Gasteiger partial charge is 0.115 e. The summed E-state index contributed by atoms with van der Waals surface area (Å²) in [5.41, 5.74) is 0. The second kappa shape index (κ2) is 7.81. The summed E-state index contributed by atoms with van der Waals surface area (Å²) < 4.78 is 0. The maximum atomic E-state index is 9.26. The molecule has 0 radical (unpaired) electrons. The molecule has 0 unspecified atom stereocenters. The Kier molecular flexibility index (Phi) is 6.05. The van der Waals surface area contributed by atoms with E-state index in [-0.39, 0.29) is 0 Å². The third kappa shape index (κ3) is 5.45. The molecule has 1 aromatic carbocycles. The number of nitrogens with one attached hydrogen (secondary N) is 1. The molecule has 0 bridgehead atoms. The second-order valence-corrected chi connectivity index (χ2v) is 7.14. The first-order valence-corrected chi connectivity index (χ1v) is 8.41. The number of hydrogen-bond acceptors (Lipinski definition) is 2. The highest BCUT2D eigenvalue weighted by Gasteiger charge is 2.13. The molecule has 1 saturated heterocycles. The van der Waals surface area contributed by atoms with E-state index in [1.54, 1.807) is 12.1 Å². The SMILES string of the molecule is C[C@@H](CCC[NH+]1CCCCC1)Sc1ccc(O)cc1. The van der Waals surface area contributed by atoms with E-state index in [4.69, 9.17) is 0 Å². The van der Waals surface area contributed by atoms with E-state index < -0.39 is 0 Å². The van der Waals surface area contributed by atoms with Gasteiger partial charge in [-0.2, -0.15) is 0 Å². The van der Waals surface area contributed by atoms with Gasteiger partial charge in [0.05, 0.1) is 19.6 Å². The Morgan fingerprint density at radius 3 is 2.53 bits per heavy atom. The Bertz CT molecular complexity index is 360. The Balaban J connectivity index is 1.63. The number of thioether (sulfide) groups is 1. The number of phenols is 1. The molecule has 3 heteroatoms. The molecule has 0 amide bonds. The van der Waals surface area contributed by atoms with Crippen LogP contribution in [-0.4, -0.2) is 30.0 Å². The van der Waals surface area contributed by atoms with E-state index in [2.05, 4.69) is 6.92 Å². The Hall–Kier alpha value is -0.670. The highest BCUT2D eigenvalue weighted by Crippen LogP contribution is 2.27. The third-order valence-corrected chi connectivity index (χ3v) is 5.06. The van der Waals surface area contributed by atoms with Crippen molar-refractivity contribution in [2.45, 2.75) is 49.2 Å². The quantitative estimate of drug-likeness (QED) is 0.783. The number of rotatable bonds is 6. The van der Waals surface area contributed by atoms with Crippen LogP contribution in [0, 0.1) is 0 Å². The van der Waals surface area contributed by atoms with Crippen molar-refractivity contribution < 1.29 is 10.0 Å². The number of benzene rings is 1. The van der Waals surface area contributed by atoms with Gasteiger partial charge in [-0.3, -0.25) is 0 Å². The summed E-state index contributed by atoms with van der Waals surface area (Å²) >= 11 is 1.92. The summed E-state index contributed by atoms with van der Waals surface area (Å²) in [5, 5.41) is 9.93.